The molecule has 0 bridgehead atoms. The maximum absolute atomic E-state index is 12.5. The second kappa shape index (κ2) is 8.86. The van der Waals surface area contributed by atoms with Crippen molar-refractivity contribution in [2.24, 2.45) is 0 Å². The van der Waals surface area contributed by atoms with Crippen molar-refractivity contribution in [2.75, 3.05) is 6.54 Å². The van der Waals surface area contributed by atoms with E-state index in [9.17, 15) is 10.1 Å². The van der Waals surface area contributed by atoms with Gasteiger partial charge < -0.3 is 5.32 Å². The van der Waals surface area contributed by atoms with Gasteiger partial charge in [-0.2, -0.15) is 5.26 Å². The van der Waals surface area contributed by atoms with Crippen LogP contribution < -0.4 is 5.32 Å². The van der Waals surface area contributed by atoms with E-state index in [4.69, 9.17) is 0 Å². The normalized spacial score (nSPS) is 12.9. The average Bonchev–Trinajstić information content (AvgIpc) is 2.64. The first-order valence-corrected chi connectivity index (χ1v) is 9.60. The molecule has 5 heteroatoms. The van der Waals surface area contributed by atoms with Crippen molar-refractivity contribution in [3.63, 3.8) is 0 Å². The van der Waals surface area contributed by atoms with E-state index in [1.54, 1.807) is 0 Å². The summed E-state index contributed by atoms with van der Waals surface area (Å²) in [5.41, 5.74) is 4.63. The van der Waals surface area contributed by atoms with Gasteiger partial charge in [-0.05, 0) is 50.3 Å². The summed E-state index contributed by atoms with van der Waals surface area (Å²) in [6, 6.07) is 12.4. The first-order valence-electron chi connectivity index (χ1n) is 8.72. The van der Waals surface area contributed by atoms with Gasteiger partial charge in [0.15, 0.2) is 0 Å². The lowest BCUT2D eigenvalue weighted by molar-refractivity contribution is -0.120. The number of nitrogens with zero attached hydrogens (tertiary/aromatic N) is 2. The molecule has 0 radical (unpaired) electrons. The van der Waals surface area contributed by atoms with Crippen molar-refractivity contribution in [3.05, 3.63) is 58.3 Å². The number of aryl methyl sites for hydroxylation is 1. The summed E-state index contributed by atoms with van der Waals surface area (Å²) in [5, 5.41) is 12.8. The zero-order valence-electron chi connectivity index (χ0n) is 16.0. The number of carbonyl (C=O) groups excluding carboxylic acids is 1. The van der Waals surface area contributed by atoms with Gasteiger partial charge in [-0.3, -0.25) is 4.79 Å². The summed E-state index contributed by atoms with van der Waals surface area (Å²) in [7, 11) is 0. The predicted octanol–water partition coefficient (Wildman–Crippen LogP) is 4.28. The quantitative estimate of drug-likeness (QED) is 0.774. The van der Waals surface area contributed by atoms with Crippen LogP contribution in [0.3, 0.4) is 0 Å². The molecule has 1 N–H and O–H groups in total. The number of aromatic nitrogens is 1. The van der Waals surface area contributed by atoms with Crippen molar-refractivity contribution in [3.8, 4) is 6.07 Å². The highest BCUT2D eigenvalue weighted by atomic mass is 32.2. The lowest BCUT2D eigenvalue weighted by Crippen LogP contribution is -2.33. The Morgan fingerprint density at radius 1 is 1.19 bits per heavy atom. The summed E-state index contributed by atoms with van der Waals surface area (Å²) >= 11 is 1.34. The van der Waals surface area contributed by atoms with Gasteiger partial charge in [0, 0.05) is 12.2 Å². The molecule has 136 valence electrons. The predicted molar refractivity (Wildman–Crippen MR) is 106 cm³/mol. The molecule has 2 atom stereocenters. The topological polar surface area (TPSA) is 65.8 Å². The molecule has 0 unspecified atom stereocenters. The van der Waals surface area contributed by atoms with Gasteiger partial charge in [-0.25, -0.2) is 4.98 Å². The fourth-order valence-electron chi connectivity index (χ4n) is 2.65. The summed E-state index contributed by atoms with van der Waals surface area (Å²) in [5.74, 6) is 0.202. The van der Waals surface area contributed by atoms with Crippen LogP contribution in [0.4, 0.5) is 0 Å². The number of nitrogens with one attached hydrogen (secondary N) is 1. The third-order valence-electron chi connectivity index (χ3n) is 4.68. The molecule has 0 aliphatic rings. The zero-order chi connectivity index (χ0) is 19.3. The van der Waals surface area contributed by atoms with Crippen LogP contribution in [-0.4, -0.2) is 22.7 Å². The molecule has 1 amide bonds. The summed E-state index contributed by atoms with van der Waals surface area (Å²) in [4.78, 5) is 17.0. The Bertz CT molecular complexity index is 827. The van der Waals surface area contributed by atoms with E-state index < -0.39 is 0 Å². The molecular weight excluding hydrogens is 342 g/mol. The highest BCUT2D eigenvalue weighted by molar-refractivity contribution is 8.00. The molecule has 1 aromatic heterocycles. The molecular formula is C21H25N3OS. The molecule has 4 nitrogen and oxygen atoms in total. The number of carbonyl (C=O) groups is 1. The van der Waals surface area contributed by atoms with Crippen LogP contribution >= 0.6 is 11.8 Å². The first-order chi connectivity index (χ1) is 12.3. The number of pyridine rings is 1. The minimum atomic E-state index is -0.320. The maximum atomic E-state index is 12.5. The second-order valence-electron chi connectivity index (χ2n) is 6.56. The molecule has 0 aliphatic heterocycles. The van der Waals surface area contributed by atoms with Gasteiger partial charge in [-0.15, -0.1) is 0 Å². The largest absolute Gasteiger partial charge is 0.355 e. The van der Waals surface area contributed by atoms with E-state index in [-0.39, 0.29) is 17.1 Å². The molecule has 0 saturated carbocycles. The number of benzene rings is 1. The van der Waals surface area contributed by atoms with Crippen LogP contribution in [0.1, 0.15) is 47.7 Å². The van der Waals surface area contributed by atoms with Crippen LogP contribution in [0, 0.1) is 32.1 Å². The fourth-order valence-corrected chi connectivity index (χ4v) is 3.68. The van der Waals surface area contributed by atoms with Gasteiger partial charge in [0.25, 0.3) is 0 Å². The van der Waals surface area contributed by atoms with Crippen LogP contribution in [0.5, 0.6) is 0 Å². The minimum absolute atomic E-state index is 0.0423. The zero-order valence-corrected chi connectivity index (χ0v) is 16.8. The molecule has 2 rings (SSSR count). The van der Waals surface area contributed by atoms with E-state index in [1.807, 2.05) is 45.9 Å². The Labute approximate surface area is 160 Å². The number of thioether (sulfide) groups is 1. The molecule has 2 aromatic rings. The second-order valence-corrected chi connectivity index (χ2v) is 7.89. The Kier molecular flexibility index (Phi) is 6.82. The van der Waals surface area contributed by atoms with E-state index >= 15 is 0 Å². The summed E-state index contributed by atoms with van der Waals surface area (Å²) in [6.45, 7) is 10.3. The van der Waals surface area contributed by atoms with Crippen molar-refractivity contribution < 1.29 is 4.79 Å². The van der Waals surface area contributed by atoms with E-state index in [1.165, 1.54) is 17.3 Å². The first kappa shape index (κ1) is 20.0. The van der Waals surface area contributed by atoms with Crippen LogP contribution in [0.2, 0.25) is 0 Å². The smallest absolute Gasteiger partial charge is 0.233 e. The highest BCUT2D eigenvalue weighted by Crippen LogP contribution is 2.29. The molecule has 0 aliphatic carbocycles. The van der Waals surface area contributed by atoms with E-state index in [0.717, 1.165) is 16.8 Å². The van der Waals surface area contributed by atoms with Crippen molar-refractivity contribution in [1.82, 2.24) is 10.3 Å². The SMILES string of the molecule is Cc1nc(S[C@@H](C)C(=O)NC[C@@H](C)c2ccccc2)c(C#N)c(C)c1C. The molecule has 0 spiro atoms. The number of hydrogen-bond donors (Lipinski definition) is 1. The number of hydrogen-bond acceptors (Lipinski definition) is 4. The van der Waals surface area contributed by atoms with Gasteiger partial charge in [0.1, 0.15) is 11.1 Å². The monoisotopic (exact) mass is 367 g/mol. The van der Waals surface area contributed by atoms with Crippen molar-refractivity contribution in [2.45, 2.75) is 50.8 Å². The third kappa shape index (κ3) is 4.64. The Hall–Kier alpha value is -2.32. The Balaban J connectivity index is 2.03. The van der Waals surface area contributed by atoms with Crippen molar-refractivity contribution >= 4 is 17.7 Å². The van der Waals surface area contributed by atoms with E-state index in [2.05, 4.69) is 35.4 Å². The average molecular weight is 368 g/mol. The van der Waals surface area contributed by atoms with Gasteiger partial charge in [0.2, 0.25) is 5.91 Å². The maximum Gasteiger partial charge on any atom is 0.233 e. The number of amides is 1. The molecule has 1 aromatic carbocycles. The summed E-state index contributed by atoms with van der Waals surface area (Å²) in [6.07, 6.45) is 0. The number of nitriles is 1. The highest BCUT2D eigenvalue weighted by Gasteiger charge is 2.20. The third-order valence-corrected chi connectivity index (χ3v) is 5.77. The number of rotatable bonds is 6. The molecule has 26 heavy (non-hydrogen) atoms. The van der Waals surface area contributed by atoms with Crippen molar-refractivity contribution in [1.29, 1.82) is 5.26 Å². The van der Waals surface area contributed by atoms with Gasteiger partial charge in [-0.1, -0.05) is 49.0 Å². The Morgan fingerprint density at radius 2 is 1.85 bits per heavy atom. The molecule has 0 fully saturated rings. The molecule has 0 saturated heterocycles. The van der Waals surface area contributed by atoms with E-state index in [0.29, 0.717) is 17.1 Å². The minimum Gasteiger partial charge on any atom is -0.355 e. The fraction of sp³-hybridized carbons (Fsp3) is 0.381. The molecule has 1 heterocycles. The lowest BCUT2D eigenvalue weighted by Gasteiger charge is -2.17. The summed E-state index contributed by atoms with van der Waals surface area (Å²) < 4.78 is 0. The van der Waals surface area contributed by atoms with Gasteiger partial charge in [0.05, 0.1) is 10.8 Å². The van der Waals surface area contributed by atoms with Crippen LogP contribution in [0.15, 0.2) is 35.4 Å². The standard InChI is InChI=1S/C21H25N3OS/c1-13(18-9-7-6-8-10-18)12-23-20(25)17(5)26-21-19(11-22)15(3)14(2)16(4)24-21/h6-10,13,17H,12H2,1-5H3,(H,23,25)/t13-,17+/m1/s1. The van der Waals surface area contributed by atoms with Gasteiger partial charge >= 0.3 is 0 Å². The Morgan fingerprint density at radius 3 is 2.46 bits per heavy atom. The lowest BCUT2D eigenvalue weighted by atomic mass is 10.0. The van der Waals surface area contributed by atoms with Crippen LogP contribution in [0.25, 0.3) is 0 Å². The van der Waals surface area contributed by atoms with Crippen LogP contribution in [-0.2, 0) is 4.79 Å².